The molecule has 5 heteroatoms. The second kappa shape index (κ2) is 13.7. The Morgan fingerprint density at radius 2 is 1.70 bits per heavy atom. The van der Waals surface area contributed by atoms with Gasteiger partial charge in [-0.25, -0.2) is 0 Å². The van der Waals surface area contributed by atoms with Gasteiger partial charge in [-0.1, -0.05) is 68.5 Å². The predicted octanol–water partition coefficient (Wildman–Crippen LogP) is 6.41. The molecule has 0 atom stereocenters. The number of hydrogen-bond donors (Lipinski definition) is 1. The molecular formula is C22H31Cl2NO2. The monoisotopic (exact) mass is 411 g/mol. The largest absolute Gasteiger partial charge is 0.493 e. The van der Waals surface area contributed by atoms with Crippen LogP contribution in [0.15, 0.2) is 42.5 Å². The molecule has 2 rings (SSSR count). The van der Waals surface area contributed by atoms with Crippen LogP contribution in [0.5, 0.6) is 11.5 Å². The predicted molar refractivity (Wildman–Crippen MR) is 116 cm³/mol. The van der Waals surface area contributed by atoms with Crippen LogP contribution in [-0.4, -0.2) is 13.7 Å². The van der Waals surface area contributed by atoms with Crippen LogP contribution in [0.4, 0.5) is 0 Å². The SMILES string of the molecule is CCCCCCCNCc1cccc(OC)c1OCc1ccc(Cl)cc1.Cl. The average Bonchev–Trinajstić information content (AvgIpc) is 2.67. The van der Waals surface area contributed by atoms with Crippen LogP contribution in [-0.2, 0) is 13.2 Å². The van der Waals surface area contributed by atoms with Gasteiger partial charge >= 0.3 is 0 Å². The van der Waals surface area contributed by atoms with E-state index in [9.17, 15) is 0 Å². The number of methoxy groups -OCH3 is 1. The molecule has 0 spiro atoms. The van der Waals surface area contributed by atoms with Crippen LogP contribution >= 0.6 is 24.0 Å². The molecule has 2 aromatic carbocycles. The average molecular weight is 412 g/mol. The number of para-hydroxylation sites is 1. The molecule has 0 saturated carbocycles. The highest BCUT2D eigenvalue weighted by Crippen LogP contribution is 2.32. The van der Waals surface area contributed by atoms with Gasteiger partial charge in [-0.15, -0.1) is 12.4 Å². The molecule has 27 heavy (non-hydrogen) atoms. The third-order valence-corrected chi connectivity index (χ3v) is 4.60. The third kappa shape index (κ3) is 8.42. The van der Waals surface area contributed by atoms with Crippen LogP contribution in [0.25, 0.3) is 0 Å². The van der Waals surface area contributed by atoms with Gasteiger partial charge in [0.2, 0.25) is 0 Å². The highest BCUT2D eigenvalue weighted by Gasteiger charge is 2.10. The molecule has 0 unspecified atom stereocenters. The molecule has 0 bridgehead atoms. The number of unbranched alkanes of at least 4 members (excludes halogenated alkanes) is 4. The number of rotatable bonds is 12. The molecule has 3 nitrogen and oxygen atoms in total. The van der Waals surface area contributed by atoms with Gasteiger partial charge in [0.15, 0.2) is 11.5 Å². The molecule has 150 valence electrons. The fourth-order valence-corrected chi connectivity index (χ4v) is 2.96. The molecule has 0 fully saturated rings. The van der Waals surface area contributed by atoms with Crippen molar-refractivity contribution in [3.8, 4) is 11.5 Å². The van der Waals surface area contributed by atoms with Crippen molar-refractivity contribution in [3.05, 3.63) is 58.6 Å². The Morgan fingerprint density at radius 1 is 0.963 bits per heavy atom. The maximum absolute atomic E-state index is 6.09. The molecule has 0 aliphatic heterocycles. The van der Waals surface area contributed by atoms with E-state index in [1.165, 1.54) is 32.1 Å². The van der Waals surface area contributed by atoms with Crippen molar-refractivity contribution in [1.29, 1.82) is 0 Å². The van der Waals surface area contributed by atoms with E-state index in [0.29, 0.717) is 6.61 Å². The molecule has 0 saturated heterocycles. The molecule has 2 aromatic rings. The summed E-state index contributed by atoms with van der Waals surface area (Å²) in [6.07, 6.45) is 6.45. The standard InChI is InChI=1S/C22H30ClNO2.ClH/c1-3-4-5-6-7-15-24-16-19-9-8-10-21(25-2)22(19)26-17-18-11-13-20(23)14-12-18;/h8-14,24H,3-7,15-17H2,1-2H3;1H. The molecule has 0 aliphatic carbocycles. The van der Waals surface area contributed by atoms with Gasteiger partial charge in [-0.2, -0.15) is 0 Å². The fraction of sp³-hybridized carbons (Fsp3) is 0.455. The summed E-state index contributed by atoms with van der Waals surface area (Å²) in [4.78, 5) is 0. The fourth-order valence-electron chi connectivity index (χ4n) is 2.84. The minimum atomic E-state index is 0. The molecular weight excluding hydrogens is 381 g/mol. The van der Waals surface area contributed by atoms with Crippen molar-refractivity contribution in [3.63, 3.8) is 0 Å². The summed E-state index contributed by atoms with van der Waals surface area (Å²) in [6, 6.07) is 13.7. The van der Waals surface area contributed by atoms with Gasteiger partial charge in [0.05, 0.1) is 7.11 Å². The quantitative estimate of drug-likeness (QED) is 0.409. The minimum Gasteiger partial charge on any atom is -0.493 e. The van der Waals surface area contributed by atoms with E-state index in [2.05, 4.69) is 18.3 Å². The minimum absolute atomic E-state index is 0. The van der Waals surface area contributed by atoms with E-state index in [0.717, 1.165) is 40.7 Å². The van der Waals surface area contributed by atoms with Gasteiger partial charge in [0.1, 0.15) is 6.61 Å². The molecule has 0 aliphatic rings. The number of hydrogen-bond acceptors (Lipinski definition) is 3. The van der Waals surface area contributed by atoms with Crippen LogP contribution < -0.4 is 14.8 Å². The third-order valence-electron chi connectivity index (χ3n) is 4.35. The maximum atomic E-state index is 6.09. The highest BCUT2D eigenvalue weighted by molar-refractivity contribution is 6.30. The Bertz CT molecular complexity index is 647. The summed E-state index contributed by atoms with van der Waals surface area (Å²) >= 11 is 5.94. The molecule has 1 N–H and O–H groups in total. The summed E-state index contributed by atoms with van der Waals surface area (Å²) in [5.74, 6) is 1.57. The Balaban J connectivity index is 0.00000364. The van der Waals surface area contributed by atoms with Crippen molar-refractivity contribution in [1.82, 2.24) is 5.32 Å². The number of ether oxygens (including phenoxy) is 2. The lowest BCUT2D eigenvalue weighted by Gasteiger charge is -2.16. The molecule has 0 heterocycles. The van der Waals surface area contributed by atoms with E-state index in [1.54, 1.807) is 7.11 Å². The highest BCUT2D eigenvalue weighted by atomic mass is 35.5. The first-order chi connectivity index (χ1) is 12.7. The summed E-state index contributed by atoms with van der Waals surface area (Å²) in [5.41, 5.74) is 2.20. The van der Waals surface area contributed by atoms with Crippen LogP contribution in [0.1, 0.15) is 50.2 Å². The number of halogens is 2. The zero-order valence-electron chi connectivity index (χ0n) is 16.3. The second-order valence-electron chi connectivity index (χ2n) is 6.45. The number of nitrogens with one attached hydrogen (secondary N) is 1. The van der Waals surface area contributed by atoms with Crippen LogP contribution in [0.3, 0.4) is 0 Å². The van der Waals surface area contributed by atoms with E-state index >= 15 is 0 Å². The smallest absolute Gasteiger partial charge is 0.166 e. The van der Waals surface area contributed by atoms with Crippen LogP contribution in [0, 0.1) is 0 Å². The van der Waals surface area contributed by atoms with Gasteiger partial charge < -0.3 is 14.8 Å². The zero-order valence-corrected chi connectivity index (χ0v) is 17.9. The topological polar surface area (TPSA) is 30.5 Å². The van der Waals surface area contributed by atoms with Crippen molar-refractivity contribution in [2.24, 2.45) is 0 Å². The Morgan fingerprint density at radius 3 is 2.41 bits per heavy atom. The zero-order chi connectivity index (χ0) is 18.6. The first-order valence-corrected chi connectivity index (χ1v) is 9.86. The Kier molecular flexibility index (Phi) is 12.0. The van der Waals surface area contributed by atoms with E-state index in [4.69, 9.17) is 21.1 Å². The Labute approximate surface area is 174 Å². The summed E-state index contributed by atoms with van der Waals surface area (Å²) in [6.45, 7) is 4.53. The lowest BCUT2D eigenvalue weighted by atomic mass is 10.1. The van der Waals surface area contributed by atoms with Gasteiger partial charge in [-0.3, -0.25) is 0 Å². The van der Waals surface area contributed by atoms with E-state index < -0.39 is 0 Å². The summed E-state index contributed by atoms with van der Waals surface area (Å²) < 4.78 is 11.6. The molecule has 0 aromatic heterocycles. The summed E-state index contributed by atoms with van der Waals surface area (Å²) in [5, 5.41) is 4.25. The lowest BCUT2D eigenvalue weighted by molar-refractivity contribution is 0.280. The van der Waals surface area contributed by atoms with Gasteiger partial charge in [0, 0.05) is 17.1 Å². The summed E-state index contributed by atoms with van der Waals surface area (Å²) in [7, 11) is 1.68. The first kappa shape index (κ1) is 23.6. The molecule has 0 amide bonds. The van der Waals surface area contributed by atoms with Gasteiger partial charge in [-0.05, 0) is 36.7 Å². The second-order valence-corrected chi connectivity index (χ2v) is 6.89. The van der Waals surface area contributed by atoms with Crippen molar-refractivity contribution in [2.75, 3.05) is 13.7 Å². The van der Waals surface area contributed by atoms with Gasteiger partial charge in [0.25, 0.3) is 0 Å². The number of benzene rings is 2. The van der Waals surface area contributed by atoms with Crippen molar-refractivity contribution < 1.29 is 9.47 Å². The van der Waals surface area contributed by atoms with Crippen molar-refractivity contribution >= 4 is 24.0 Å². The normalized spacial score (nSPS) is 10.3. The molecule has 0 radical (unpaired) electrons. The lowest BCUT2D eigenvalue weighted by Crippen LogP contribution is -2.15. The van der Waals surface area contributed by atoms with Crippen LogP contribution in [0.2, 0.25) is 5.02 Å². The Hall–Kier alpha value is -1.42. The van der Waals surface area contributed by atoms with E-state index in [1.807, 2.05) is 36.4 Å². The maximum Gasteiger partial charge on any atom is 0.166 e. The van der Waals surface area contributed by atoms with E-state index in [-0.39, 0.29) is 12.4 Å². The van der Waals surface area contributed by atoms with Crippen molar-refractivity contribution in [2.45, 2.75) is 52.2 Å². The first-order valence-electron chi connectivity index (χ1n) is 9.48.